The molecule has 0 radical (unpaired) electrons. The number of hydrogen-bond acceptors (Lipinski definition) is 3. The fraction of sp³-hybridized carbons (Fsp3) is 0.429. The Morgan fingerprint density at radius 2 is 2.17 bits per heavy atom. The molecule has 3 nitrogen and oxygen atoms in total. The van der Waals surface area contributed by atoms with Crippen LogP contribution in [0.4, 0.5) is 5.82 Å². The fourth-order valence-electron chi connectivity index (χ4n) is 2.66. The van der Waals surface area contributed by atoms with Gasteiger partial charge in [-0.1, -0.05) is 12.1 Å². The summed E-state index contributed by atoms with van der Waals surface area (Å²) >= 11 is 5.83. The van der Waals surface area contributed by atoms with E-state index in [9.17, 15) is 0 Å². The van der Waals surface area contributed by atoms with Gasteiger partial charge in [-0.3, -0.25) is 0 Å². The second-order valence-electron chi connectivity index (χ2n) is 4.79. The smallest absolute Gasteiger partial charge is 0.139 e. The summed E-state index contributed by atoms with van der Waals surface area (Å²) in [7, 11) is 0. The second kappa shape index (κ2) is 5.11. The molecule has 4 heteroatoms. The molecular formula is C14H16ClN3. The quantitative estimate of drug-likeness (QED) is 0.795. The first-order valence-corrected chi connectivity index (χ1v) is 6.92. The number of halogens is 1. The average molecular weight is 262 g/mol. The first kappa shape index (κ1) is 11.7. The Bertz CT molecular complexity index is 538. The van der Waals surface area contributed by atoms with Gasteiger partial charge in [-0.05, 0) is 30.9 Å². The molecule has 1 fully saturated rings. The minimum atomic E-state index is 0.705. The second-order valence-corrected chi connectivity index (χ2v) is 5.17. The molecule has 1 aromatic carbocycles. The molecule has 1 aliphatic heterocycles. The van der Waals surface area contributed by atoms with Gasteiger partial charge in [0, 0.05) is 24.4 Å². The number of rotatable bonds is 3. The van der Waals surface area contributed by atoms with Gasteiger partial charge in [-0.25, -0.2) is 9.97 Å². The van der Waals surface area contributed by atoms with Crippen LogP contribution in [0.1, 0.15) is 12.8 Å². The minimum absolute atomic E-state index is 0.705. The summed E-state index contributed by atoms with van der Waals surface area (Å²) in [6.45, 7) is 2.14. The number of para-hydroxylation sites is 1. The summed E-state index contributed by atoms with van der Waals surface area (Å²) in [6.07, 6.45) is 3.97. The predicted molar refractivity (Wildman–Crippen MR) is 75.2 cm³/mol. The van der Waals surface area contributed by atoms with Crippen LogP contribution < -0.4 is 4.90 Å². The normalized spacial score (nSPS) is 19.6. The Kier molecular flexibility index (Phi) is 3.33. The van der Waals surface area contributed by atoms with Crippen LogP contribution in [0.5, 0.6) is 0 Å². The molecule has 0 aliphatic carbocycles. The van der Waals surface area contributed by atoms with E-state index < -0.39 is 0 Å². The maximum Gasteiger partial charge on any atom is 0.139 e. The van der Waals surface area contributed by atoms with Crippen LogP contribution in [0.2, 0.25) is 0 Å². The molecule has 2 aromatic rings. The third-order valence-electron chi connectivity index (χ3n) is 3.62. The highest BCUT2D eigenvalue weighted by Gasteiger charge is 2.24. The van der Waals surface area contributed by atoms with Gasteiger partial charge >= 0.3 is 0 Å². The third kappa shape index (κ3) is 2.15. The SMILES string of the molecule is ClCCC1CCN(c2ncnc3ccccc23)C1. The van der Waals surface area contributed by atoms with Crippen molar-refractivity contribution in [2.75, 3.05) is 23.9 Å². The summed E-state index contributed by atoms with van der Waals surface area (Å²) in [6, 6.07) is 8.19. The lowest BCUT2D eigenvalue weighted by molar-refractivity contribution is 0.572. The zero-order valence-electron chi connectivity index (χ0n) is 10.2. The number of fused-ring (bicyclic) bond motifs is 1. The lowest BCUT2D eigenvalue weighted by atomic mass is 10.1. The number of alkyl halides is 1. The van der Waals surface area contributed by atoms with Crippen LogP contribution in [0, 0.1) is 5.92 Å². The topological polar surface area (TPSA) is 29.0 Å². The number of aromatic nitrogens is 2. The molecular weight excluding hydrogens is 246 g/mol. The van der Waals surface area contributed by atoms with Gasteiger partial charge in [0.1, 0.15) is 12.1 Å². The molecule has 0 N–H and O–H groups in total. The van der Waals surface area contributed by atoms with E-state index in [-0.39, 0.29) is 0 Å². The number of nitrogens with zero attached hydrogens (tertiary/aromatic N) is 3. The monoisotopic (exact) mass is 261 g/mol. The van der Waals surface area contributed by atoms with Crippen LogP contribution >= 0.6 is 11.6 Å². The van der Waals surface area contributed by atoms with E-state index >= 15 is 0 Å². The summed E-state index contributed by atoms with van der Waals surface area (Å²) in [5.74, 6) is 2.53. The van der Waals surface area contributed by atoms with Gasteiger partial charge in [0.25, 0.3) is 0 Å². The Balaban J connectivity index is 1.91. The summed E-state index contributed by atoms with van der Waals surface area (Å²) in [4.78, 5) is 11.1. The molecule has 1 unspecified atom stereocenters. The number of hydrogen-bond donors (Lipinski definition) is 0. The average Bonchev–Trinajstić information content (AvgIpc) is 2.87. The molecule has 1 aromatic heterocycles. The molecule has 1 saturated heterocycles. The Morgan fingerprint density at radius 3 is 3.06 bits per heavy atom. The lowest BCUT2D eigenvalue weighted by Crippen LogP contribution is -2.21. The van der Waals surface area contributed by atoms with E-state index in [4.69, 9.17) is 11.6 Å². The number of benzene rings is 1. The molecule has 0 bridgehead atoms. The Morgan fingerprint density at radius 1 is 1.28 bits per heavy atom. The largest absolute Gasteiger partial charge is 0.356 e. The van der Waals surface area contributed by atoms with Gasteiger partial charge < -0.3 is 4.90 Å². The summed E-state index contributed by atoms with van der Waals surface area (Å²) in [5, 5.41) is 1.14. The van der Waals surface area contributed by atoms with Crippen molar-refractivity contribution >= 4 is 28.3 Å². The van der Waals surface area contributed by atoms with Crippen molar-refractivity contribution in [3.05, 3.63) is 30.6 Å². The maximum atomic E-state index is 5.83. The van der Waals surface area contributed by atoms with Crippen molar-refractivity contribution in [3.63, 3.8) is 0 Å². The molecule has 3 rings (SSSR count). The highest BCUT2D eigenvalue weighted by Crippen LogP contribution is 2.29. The van der Waals surface area contributed by atoms with Crippen molar-refractivity contribution in [2.24, 2.45) is 5.92 Å². The molecule has 1 atom stereocenters. The highest BCUT2D eigenvalue weighted by atomic mass is 35.5. The van der Waals surface area contributed by atoms with E-state index in [0.29, 0.717) is 5.92 Å². The van der Waals surface area contributed by atoms with Gasteiger partial charge in [-0.2, -0.15) is 0 Å². The van der Waals surface area contributed by atoms with Crippen LogP contribution in [0.15, 0.2) is 30.6 Å². The Labute approximate surface area is 112 Å². The van der Waals surface area contributed by atoms with Crippen molar-refractivity contribution in [1.29, 1.82) is 0 Å². The molecule has 1 aliphatic rings. The van der Waals surface area contributed by atoms with E-state index in [2.05, 4.69) is 20.9 Å². The van der Waals surface area contributed by atoms with Crippen molar-refractivity contribution in [1.82, 2.24) is 9.97 Å². The zero-order valence-corrected chi connectivity index (χ0v) is 11.0. The van der Waals surface area contributed by atoms with Crippen LogP contribution in [0.25, 0.3) is 10.9 Å². The van der Waals surface area contributed by atoms with E-state index in [1.165, 1.54) is 6.42 Å². The van der Waals surface area contributed by atoms with Crippen molar-refractivity contribution in [3.8, 4) is 0 Å². The summed E-state index contributed by atoms with van der Waals surface area (Å²) < 4.78 is 0. The van der Waals surface area contributed by atoms with Crippen LogP contribution in [0.3, 0.4) is 0 Å². The molecule has 2 heterocycles. The maximum absolute atomic E-state index is 5.83. The fourth-order valence-corrected chi connectivity index (χ4v) is 2.97. The van der Waals surface area contributed by atoms with Crippen molar-refractivity contribution in [2.45, 2.75) is 12.8 Å². The van der Waals surface area contributed by atoms with E-state index in [1.54, 1.807) is 6.33 Å². The first-order chi connectivity index (χ1) is 8.88. The lowest BCUT2D eigenvalue weighted by Gasteiger charge is -2.18. The van der Waals surface area contributed by atoms with E-state index in [1.807, 2.05) is 18.2 Å². The van der Waals surface area contributed by atoms with E-state index in [0.717, 1.165) is 42.1 Å². The van der Waals surface area contributed by atoms with Gasteiger partial charge in [-0.15, -0.1) is 11.6 Å². The molecule has 0 spiro atoms. The van der Waals surface area contributed by atoms with Gasteiger partial charge in [0.15, 0.2) is 0 Å². The van der Waals surface area contributed by atoms with Crippen molar-refractivity contribution < 1.29 is 0 Å². The molecule has 18 heavy (non-hydrogen) atoms. The third-order valence-corrected chi connectivity index (χ3v) is 3.84. The summed E-state index contributed by atoms with van der Waals surface area (Å²) in [5.41, 5.74) is 1.02. The molecule has 94 valence electrons. The zero-order chi connectivity index (χ0) is 12.4. The van der Waals surface area contributed by atoms with Crippen LogP contribution in [-0.2, 0) is 0 Å². The first-order valence-electron chi connectivity index (χ1n) is 6.39. The standard InChI is InChI=1S/C14H16ClN3/c15-7-5-11-6-8-18(9-11)14-12-3-1-2-4-13(12)16-10-17-14/h1-4,10-11H,5-9H2. The highest BCUT2D eigenvalue weighted by molar-refractivity contribution is 6.17. The predicted octanol–water partition coefficient (Wildman–Crippen LogP) is 3.09. The molecule has 0 amide bonds. The van der Waals surface area contributed by atoms with Crippen LogP contribution in [-0.4, -0.2) is 28.9 Å². The Hall–Kier alpha value is -1.35. The van der Waals surface area contributed by atoms with Gasteiger partial charge in [0.2, 0.25) is 0 Å². The van der Waals surface area contributed by atoms with Gasteiger partial charge in [0.05, 0.1) is 5.52 Å². The minimum Gasteiger partial charge on any atom is -0.356 e. The molecule has 0 saturated carbocycles. The number of anilines is 1.